The Morgan fingerprint density at radius 2 is 1.75 bits per heavy atom. The van der Waals surface area contributed by atoms with Gasteiger partial charge in [0.2, 0.25) is 0 Å². The van der Waals surface area contributed by atoms with E-state index in [1.54, 1.807) is 0 Å². The lowest BCUT2D eigenvalue weighted by Crippen LogP contribution is -2.39. The summed E-state index contributed by atoms with van der Waals surface area (Å²) in [5, 5.41) is 3.70. The van der Waals surface area contributed by atoms with E-state index in [0.717, 1.165) is 18.2 Å². The lowest BCUT2D eigenvalue weighted by molar-refractivity contribution is -0.124. The molecular formula is C18H11Cl3F2N2O6S. The van der Waals surface area contributed by atoms with Crippen molar-refractivity contribution in [1.29, 1.82) is 0 Å². The average molecular weight is 528 g/mol. The van der Waals surface area contributed by atoms with Gasteiger partial charge in [-0.15, -0.1) is 0 Å². The van der Waals surface area contributed by atoms with Crippen molar-refractivity contribution < 1.29 is 36.3 Å². The topological polar surface area (TPSA) is 102 Å². The molecule has 0 unspecified atom stereocenters. The second-order valence-electron chi connectivity index (χ2n) is 6.18. The first-order chi connectivity index (χ1) is 14.9. The van der Waals surface area contributed by atoms with Gasteiger partial charge < -0.3 is 9.47 Å². The molecule has 0 saturated carbocycles. The zero-order valence-corrected chi connectivity index (χ0v) is 18.9. The monoisotopic (exact) mass is 526 g/mol. The van der Waals surface area contributed by atoms with Crippen LogP contribution in [0.25, 0.3) is 0 Å². The van der Waals surface area contributed by atoms with Gasteiger partial charge in [-0.1, -0.05) is 23.2 Å². The summed E-state index contributed by atoms with van der Waals surface area (Å²) in [7, 11) is 2.49. The van der Waals surface area contributed by atoms with Crippen LogP contribution in [0.3, 0.4) is 0 Å². The first-order valence-corrected chi connectivity index (χ1v) is 11.5. The highest BCUT2D eigenvalue weighted by Gasteiger charge is 2.34. The maximum absolute atomic E-state index is 13.0. The number of ether oxygens (including phenoxy) is 2. The van der Waals surface area contributed by atoms with Crippen molar-refractivity contribution in [3.8, 4) is 17.2 Å². The van der Waals surface area contributed by atoms with Crippen LogP contribution >= 0.6 is 33.9 Å². The third kappa shape index (κ3) is 4.96. The molecule has 0 aromatic heterocycles. The number of hydrogen-bond acceptors (Lipinski definition) is 7. The average Bonchev–Trinajstić information content (AvgIpc) is 2.69. The fourth-order valence-corrected chi connectivity index (χ4v) is 4.25. The van der Waals surface area contributed by atoms with Crippen LogP contribution in [0, 0.1) is 0 Å². The molecule has 0 aliphatic carbocycles. The summed E-state index contributed by atoms with van der Waals surface area (Å²) >= 11 is 12.4. The predicted molar refractivity (Wildman–Crippen MR) is 113 cm³/mol. The molecule has 0 N–H and O–H groups in total. The van der Waals surface area contributed by atoms with Crippen molar-refractivity contribution in [3.63, 3.8) is 0 Å². The Labute approximate surface area is 194 Å². The number of benzene rings is 2. The first-order valence-electron chi connectivity index (χ1n) is 8.44. The van der Waals surface area contributed by atoms with Gasteiger partial charge in [-0.05, 0) is 24.3 Å². The third-order valence-corrected chi connectivity index (χ3v) is 6.00. The van der Waals surface area contributed by atoms with E-state index < -0.39 is 39.3 Å². The van der Waals surface area contributed by atoms with Crippen LogP contribution in [0.15, 0.2) is 40.3 Å². The molecule has 0 radical (unpaired) electrons. The van der Waals surface area contributed by atoms with Gasteiger partial charge in [0.1, 0.15) is 16.4 Å². The number of nitrogens with zero attached hydrogens (tertiary/aromatic N) is 2. The number of ketones is 1. The molecule has 1 heterocycles. The Morgan fingerprint density at radius 1 is 1.12 bits per heavy atom. The molecular weight excluding hydrogens is 517 g/mol. The standard InChI is InChI=1S/C18H11Cl3F2N2O6S/c1-30-13-3-2-9(6-14(13)32(21,28)29)31-17-10(19)4-8(5-11(17)20)25-15(27)7-12(26)16(24-25)18(22)23/h2-6,18H,7H2,1H3. The van der Waals surface area contributed by atoms with Gasteiger partial charge in [0.25, 0.3) is 21.4 Å². The van der Waals surface area contributed by atoms with Crippen LogP contribution in [0.2, 0.25) is 10.0 Å². The Morgan fingerprint density at radius 3 is 2.28 bits per heavy atom. The van der Waals surface area contributed by atoms with Gasteiger partial charge in [-0.3, -0.25) is 9.59 Å². The number of rotatable bonds is 6. The summed E-state index contributed by atoms with van der Waals surface area (Å²) in [6.07, 6.45) is -3.97. The van der Waals surface area contributed by atoms with E-state index in [0.29, 0.717) is 5.01 Å². The molecule has 1 aliphatic rings. The smallest absolute Gasteiger partial charge is 0.285 e. The minimum Gasteiger partial charge on any atom is -0.495 e. The second-order valence-corrected chi connectivity index (χ2v) is 9.53. The van der Waals surface area contributed by atoms with Gasteiger partial charge in [0.15, 0.2) is 17.2 Å². The van der Waals surface area contributed by atoms with Crippen molar-refractivity contribution in [2.24, 2.45) is 5.10 Å². The number of alkyl halides is 2. The van der Waals surface area contributed by atoms with E-state index in [9.17, 15) is 26.8 Å². The van der Waals surface area contributed by atoms with Crippen LogP contribution < -0.4 is 14.5 Å². The van der Waals surface area contributed by atoms with Crippen LogP contribution in [-0.2, 0) is 18.6 Å². The minimum absolute atomic E-state index is 0.0146. The zero-order valence-electron chi connectivity index (χ0n) is 15.8. The highest BCUT2D eigenvalue weighted by Crippen LogP contribution is 2.41. The van der Waals surface area contributed by atoms with E-state index in [-0.39, 0.29) is 37.9 Å². The van der Waals surface area contributed by atoms with Crippen molar-refractivity contribution >= 4 is 66.0 Å². The lowest BCUT2D eigenvalue weighted by Gasteiger charge is -2.23. The molecule has 0 atom stereocenters. The predicted octanol–water partition coefficient (Wildman–Crippen LogP) is 4.65. The van der Waals surface area contributed by atoms with Gasteiger partial charge in [-0.2, -0.15) is 10.1 Å². The van der Waals surface area contributed by atoms with Gasteiger partial charge in [0, 0.05) is 16.7 Å². The van der Waals surface area contributed by atoms with Gasteiger partial charge >= 0.3 is 0 Å². The minimum atomic E-state index is -4.17. The zero-order chi connectivity index (χ0) is 23.8. The molecule has 32 heavy (non-hydrogen) atoms. The second kappa shape index (κ2) is 9.18. The molecule has 14 heteroatoms. The molecule has 2 aromatic rings. The Kier molecular flexibility index (Phi) is 6.94. The van der Waals surface area contributed by atoms with Crippen molar-refractivity contribution in [2.75, 3.05) is 12.1 Å². The number of carbonyl (C=O) groups is 2. The number of halogens is 5. The van der Waals surface area contributed by atoms with Crippen molar-refractivity contribution in [2.45, 2.75) is 17.7 Å². The number of carbonyl (C=O) groups excluding carboxylic acids is 2. The summed E-state index contributed by atoms with van der Waals surface area (Å²) in [5.74, 6) is -2.10. The normalized spacial score (nSPS) is 14.6. The highest BCUT2D eigenvalue weighted by atomic mass is 35.7. The summed E-state index contributed by atoms with van der Waals surface area (Å²) in [6, 6.07) is 6.06. The molecule has 0 saturated heterocycles. The molecule has 0 bridgehead atoms. The van der Waals surface area contributed by atoms with Gasteiger partial charge in [0.05, 0.1) is 29.3 Å². The summed E-state index contributed by atoms with van der Waals surface area (Å²) in [4.78, 5) is 23.3. The summed E-state index contributed by atoms with van der Waals surface area (Å²) in [5.41, 5.74) is -1.15. The number of anilines is 1. The van der Waals surface area contributed by atoms with E-state index in [1.165, 1.54) is 19.2 Å². The van der Waals surface area contributed by atoms with Crippen LogP contribution in [-0.4, -0.2) is 39.4 Å². The van der Waals surface area contributed by atoms with E-state index in [1.807, 2.05) is 0 Å². The maximum Gasteiger partial charge on any atom is 0.285 e. The molecule has 0 fully saturated rings. The molecule has 8 nitrogen and oxygen atoms in total. The maximum atomic E-state index is 13.0. The van der Waals surface area contributed by atoms with Gasteiger partial charge in [-0.25, -0.2) is 17.2 Å². The molecule has 0 spiro atoms. The van der Waals surface area contributed by atoms with Crippen LogP contribution in [0.5, 0.6) is 17.2 Å². The molecule has 170 valence electrons. The first kappa shape index (κ1) is 24.2. The number of amides is 1. The summed E-state index contributed by atoms with van der Waals surface area (Å²) < 4.78 is 60.0. The number of hydrogen-bond donors (Lipinski definition) is 0. The summed E-state index contributed by atoms with van der Waals surface area (Å²) in [6.45, 7) is 0. The Bertz CT molecular complexity index is 1230. The molecule has 1 amide bonds. The Balaban J connectivity index is 1.99. The van der Waals surface area contributed by atoms with E-state index >= 15 is 0 Å². The molecule has 1 aliphatic heterocycles. The fraction of sp³-hybridized carbons (Fsp3) is 0.167. The van der Waals surface area contributed by atoms with Crippen molar-refractivity contribution in [3.05, 3.63) is 40.4 Å². The number of Topliss-reactive ketones (excluding diaryl/α,β-unsaturated/α-hetero) is 1. The van der Waals surface area contributed by atoms with Crippen LogP contribution in [0.4, 0.5) is 14.5 Å². The Hall–Kier alpha value is -2.47. The largest absolute Gasteiger partial charge is 0.495 e. The highest BCUT2D eigenvalue weighted by molar-refractivity contribution is 8.13. The third-order valence-electron chi connectivity index (χ3n) is 4.09. The van der Waals surface area contributed by atoms with E-state index in [2.05, 4.69) is 5.10 Å². The van der Waals surface area contributed by atoms with Crippen molar-refractivity contribution in [1.82, 2.24) is 0 Å². The number of hydrazone groups is 1. The number of methoxy groups -OCH3 is 1. The molecule has 2 aromatic carbocycles. The quantitative estimate of drug-likeness (QED) is 0.400. The fourth-order valence-electron chi connectivity index (χ4n) is 2.68. The lowest BCUT2D eigenvalue weighted by atomic mass is 10.1. The van der Waals surface area contributed by atoms with E-state index in [4.69, 9.17) is 43.4 Å². The van der Waals surface area contributed by atoms with Crippen LogP contribution in [0.1, 0.15) is 6.42 Å². The molecule has 3 rings (SSSR count). The SMILES string of the molecule is COc1ccc(Oc2c(Cl)cc(N3N=C(C(F)F)C(=O)CC3=O)cc2Cl)cc1S(=O)(=O)Cl.